The lowest BCUT2D eigenvalue weighted by atomic mass is 10.1. The summed E-state index contributed by atoms with van der Waals surface area (Å²) < 4.78 is 17.1. The van der Waals surface area contributed by atoms with Crippen LogP contribution in [0.4, 0.5) is 4.79 Å². The van der Waals surface area contributed by atoms with Crippen molar-refractivity contribution in [3.63, 3.8) is 0 Å². The minimum absolute atomic E-state index is 0.162. The van der Waals surface area contributed by atoms with Gasteiger partial charge >= 0.3 is 6.09 Å². The van der Waals surface area contributed by atoms with Crippen LogP contribution >= 0.6 is 0 Å². The molecule has 1 heterocycles. The van der Waals surface area contributed by atoms with Crippen molar-refractivity contribution in [2.75, 3.05) is 26.3 Å². The zero-order valence-corrected chi connectivity index (χ0v) is 17.6. The fourth-order valence-electron chi connectivity index (χ4n) is 3.02. The molecule has 156 valence electrons. The summed E-state index contributed by atoms with van der Waals surface area (Å²) >= 11 is 0. The number of carbonyl (C=O) groups is 1. The van der Waals surface area contributed by atoms with Gasteiger partial charge in [-0.05, 0) is 57.7 Å². The second-order valence-corrected chi connectivity index (χ2v) is 8.16. The van der Waals surface area contributed by atoms with Crippen molar-refractivity contribution in [2.45, 2.75) is 65.1 Å². The summed E-state index contributed by atoms with van der Waals surface area (Å²) in [5.41, 5.74) is 1.31. The summed E-state index contributed by atoms with van der Waals surface area (Å²) in [6.45, 7) is 9.82. The molecule has 28 heavy (non-hydrogen) atoms. The maximum atomic E-state index is 12.3. The molecule has 0 aromatic heterocycles. The van der Waals surface area contributed by atoms with Gasteiger partial charge in [0.2, 0.25) is 0 Å². The standard InChI is InChI=1S/C22H34N2O4/c1-5-7-18(23)8-6-14-26-19-11-9-17(10-12-19)20-16-24(13-15-27-20)21(25)28-22(2,3)4/h9-12,20,23H,5-8,13-16H2,1-4H3/t20-/m1/s1. The largest absolute Gasteiger partial charge is 0.494 e. The van der Waals surface area contributed by atoms with Crippen LogP contribution < -0.4 is 4.74 Å². The normalized spacial score (nSPS) is 17.3. The quantitative estimate of drug-likeness (QED) is 0.502. The van der Waals surface area contributed by atoms with E-state index in [1.54, 1.807) is 4.90 Å². The van der Waals surface area contributed by atoms with Gasteiger partial charge in [-0.25, -0.2) is 4.79 Å². The van der Waals surface area contributed by atoms with Crippen LogP contribution in [0.1, 0.15) is 65.0 Å². The van der Waals surface area contributed by atoms with Gasteiger partial charge in [0.15, 0.2) is 0 Å². The average molecular weight is 391 g/mol. The highest BCUT2D eigenvalue weighted by atomic mass is 16.6. The van der Waals surface area contributed by atoms with Crippen LogP contribution in [-0.4, -0.2) is 48.6 Å². The minimum atomic E-state index is -0.501. The Morgan fingerprint density at radius 2 is 1.96 bits per heavy atom. The summed E-state index contributed by atoms with van der Waals surface area (Å²) in [7, 11) is 0. The Morgan fingerprint density at radius 1 is 1.25 bits per heavy atom. The van der Waals surface area contributed by atoms with E-state index < -0.39 is 5.60 Å². The number of benzene rings is 1. The molecular formula is C22H34N2O4. The van der Waals surface area contributed by atoms with Crippen LogP contribution in [0.5, 0.6) is 5.75 Å². The molecule has 6 heteroatoms. The third-order valence-corrected chi connectivity index (χ3v) is 4.41. The summed E-state index contributed by atoms with van der Waals surface area (Å²) in [5, 5.41) is 7.80. The van der Waals surface area contributed by atoms with Crippen molar-refractivity contribution in [1.29, 1.82) is 5.41 Å². The number of carbonyl (C=O) groups excluding carboxylic acids is 1. The first-order chi connectivity index (χ1) is 13.3. The topological polar surface area (TPSA) is 71.9 Å². The summed E-state index contributed by atoms with van der Waals surface area (Å²) in [6, 6.07) is 7.83. The monoisotopic (exact) mass is 390 g/mol. The third-order valence-electron chi connectivity index (χ3n) is 4.41. The molecule has 1 aromatic rings. The molecule has 2 rings (SSSR count). The lowest BCUT2D eigenvalue weighted by Crippen LogP contribution is -2.44. The number of hydrogen-bond acceptors (Lipinski definition) is 5. The Labute approximate surface area is 168 Å². The fourth-order valence-corrected chi connectivity index (χ4v) is 3.02. The van der Waals surface area contributed by atoms with Crippen molar-refractivity contribution in [1.82, 2.24) is 4.90 Å². The van der Waals surface area contributed by atoms with Crippen LogP contribution in [0.15, 0.2) is 24.3 Å². The van der Waals surface area contributed by atoms with Gasteiger partial charge in [0.1, 0.15) is 17.5 Å². The number of amides is 1. The second-order valence-electron chi connectivity index (χ2n) is 8.16. The van der Waals surface area contributed by atoms with E-state index in [1.807, 2.05) is 45.0 Å². The first kappa shape index (κ1) is 22.2. The highest BCUT2D eigenvalue weighted by Crippen LogP contribution is 2.25. The SMILES string of the molecule is CCCC(=N)CCCOc1ccc([C@H]2CN(C(=O)OC(C)(C)C)CCO2)cc1. The first-order valence-electron chi connectivity index (χ1n) is 10.2. The predicted molar refractivity (Wildman–Crippen MR) is 110 cm³/mol. The Balaban J connectivity index is 1.82. The van der Waals surface area contributed by atoms with Gasteiger partial charge in [0.05, 0.1) is 19.8 Å². The molecule has 0 radical (unpaired) electrons. The van der Waals surface area contributed by atoms with Gasteiger partial charge in [-0.15, -0.1) is 0 Å². The van der Waals surface area contributed by atoms with E-state index in [0.29, 0.717) is 26.3 Å². The smallest absolute Gasteiger partial charge is 0.410 e. The van der Waals surface area contributed by atoms with Crippen molar-refractivity contribution in [3.05, 3.63) is 29.8 Å². The fraction of sp³-hybridized carbons (Fsp3) is 0.636. The van der Waals surface area contributed by atoms with Crippen LogP contribution in [-0.2, 0) is 9.47 Å². The molecule has 0 saturated carbocycles. The number of morpholine rings is 1. The number of nitrogens with zero attached hydrogens (tertiary/aromatic N) is 1. The van der Waals surface area contributed by atoms with E-state index in [0.717, 1.165) is 42.7 Å². The average Bonchev–Trinajstić information content (AvgIpc) is 2.65. The predicted octanol–water partition coefficient (Wildman–Crippen LogP) is 4.97. The van der Waals surface area contributed by atoms with Crippen molar-refractivity contribution in [3.8, 4) is 5.75 Å². The molecule has 1 aliphatic heterocycles. The van der Waals surface area contributed by atoms with Crippen LogP contribution in [0.2, 0.25) is 0 Å². The lowest BCUT2D eigenvalue weighted by molar-refractivity contribution is -0.0433. The molecule has 0 aliphatic carbocycles. The maximum Gasteiger partial charge on any atom is 0.410 e. The summed E-state index contributed by atoms with van der Waals surface area (Å²) in [4.78, 5) is 14.0. The number of rotatable bonds is 8. The molecule has 1 amide bonds. The second kappa shape index (κ2) is 10.5. The molecule has 0 bridgehead atoms. The van der Waals surface area contributed by atoms with Gasteiger partial charge in [-0.3, -0.25) is 0 Å². The van der Waals surface area contributed by atoms with Gasteiger partial charge < -0.3 is 24.5 Å². The zero-order valence-electron chi connectivity index (χ0n) is 17.6. The summed E-state index contributed by atoms with van der Waals surface area (Å²) in [5.74, 6) is 0.811. The minimum Gasteiger partial charge on any atom is -0.494 e. The van der Waals surface area contributed by atoms with E-state index in [9.17, 15) is 4.79 Å². The number of hydrogen-bond donors (Lipinski definition) is 1. The molecule has 1 atom stereocenters. The Kier molecular flexibility index (Phi) is 8.30. The highest BCUT2D eigenvalue weighted by molar-refractivity contribution is 5.81. The van der Waals surface area contributed by atoms with E-state index in [4.69, 9.17) is 19.6 Å². The number of nitrogens with one attached hydrogen (secondary N) is 1. The molecule has 1 fully saturated rings. The Morgan fingerprint density at radius 3 is 2.61 bits per heavy atom. The van der Waals surface area contributed by atoms with Crippen LogP contribution in [0.3, 0.4) is 0 Å². The lowest BCUT2D eigenvalue weighted by Gasteiger charge is -2.34. The molecule has 1 saturated heterocycles. The maximum absolute atomic E-state index is 12.3. The Bertz CT molecular complexity index is 637. The van der Waals surface area contributed by atoms with E-state index in [2.05, 4.69) is 6.92 Å². The molecule has 0 spiro atoms. The van der Waals surface area contributed by atoms with Crippen LogP contribution in [0, 0.1) is 5.41 Å². The van der Waals surface area contributed by atoms with E-state index >= 15 is 0 Å². The Hall–Kier alpha value is -2.08. The van der Waals surface area contributed by atoms with Gasteiger partial charge in [-0.1, -0.05) is 25.5 Å². The molecule has 1 N–H and O–H groups in total. The van der Waals surface area contributed by atoms with Gasteiger partial charge in [-0.2, -0.15) is 0 Å². The molecule has 1 aliphatic rings. The molecule has 1 aromatic carbocycles. The molecular weight excluding hydrogens is 356 g/mol. The van der Waals surface area contributed by atoms with Crippen molar-refractivity contribution in [2.24, 2.45) is 0 Å². The van der Waals surface area contributed by atoms with Gasteiger partial charge in [0, 0.05) is 12.3 Å². The first-order valence-corrected chi connectivity index (χ1v) is 10.2. The molecule has 0 unspecified atom stereocenters. The third kappa shape index (κ3) is 7.50. The van der Waals surface area contributed by atoms with E-state index in [-0.39, 0.29) is 12.2 Å². The zero-order chi connectivity index (χ0) is 20.6. The van der Waals surface area contributed by atoms with Gasteiger partial charge in [0.25, 0.3) is 0 Å². The molecule has 6 nitrogen and oxygen atoms in total. The van der Waals surface area contributed by atoms with E-state index in [1.165, 1.54) is 0 Å². The van der Waals surface area contributed by atoms with Crippen molar-refractivity contribution < 1.29 is 19.0 Å². The van der Waals surface area contributed by atoms with Crippen molar-refractivity contribution >= 4 is 11.8 Å². The number of ether oxygens (including phenoxy) is 3. The highest BCUT2D eigenvalue weighted by Gasteiger charge is 2.28. The summed E-state index contributed by atoms with van der Waals surface area (Å²) in [6.07, 6.45) is 3.09. The van der Waals surface area contributed by atoms with Crippen LogP contribution in [0.25, 0.3) is 0 Å².